The summed E-state index contributed by atoms with van der Waals surface area (Å²) in [5.41, 5.74) is 5.69. The summed E-state index contributed by atoms with van der Waals surface area (Å²) in [6.07, 6.45) is 0.993. The lowest BCUT2D eigenvalue weighted by Crippen LogP contribution is -2.50. The molecule has 0 spiro atoms. The van der Waals surface area contributed by atoms with Crippen LogP contribution in [-0.4, -0.2) is 42.1 Å². The van der Waals surface area contributed by atoms with Gasteiger partial charge in [0.05, 0.1) is 10.2 Å². The van der Waals surface area contributed by atoms with Crippen LogP contribution in [0.2, 0.25) is 0 Å². The molecule has 0 saturated carbocycles. The zero-order chi connectivity index (χ0) is 19.7. The van der Waals surface area contributed by atoms with E-state index in [0.717, 1.165) is 35.8 Å². The van der Waals surface area contributed by atoms with Gasteiger partial charge in [0.2, 0.25) is 0 Å². The van der Waals surface area contributed by atoms with Gasteiger partial charge in [-0.25, -0.2) is 9.78 Å². The van der Waals surface area contributed by atoms with Crippen LogP contribution in [0.4, 0.5) is 15.6 Å². The van der Waals surface area contributed by atoms with Gasteiger partial charge in [-0.15, -0.1) is 0 Å². The number of nitrogens with zero attached hydrogens (tertiary/aromatic N) is 3. The second-order valence-electron chi connectivity index (χ2n) is 7.32. The van der Waals surface area contributed by atoms with Gasteiger partial charge in [0.25, 0.3) is 0 Å². The molecule has 2 heterocycles. The molecule has 4 rings (SSSR count). The molecule has 0 atom stereocenters. The van der Waals surface area contributed by atoms with Crippen LogP contribution in [0.3, 0.4) is 0 Å². The minimum atomic E-state index is -0.0273. The molecule has 3 aromatic rings. The number of rotatable bonds is 3. The highest BCUT2D eigenvalue weighted by atomic mass is 32.1. The van der Waals surface area contributed by atoms with Crippen molar-refractivity contribution in [1.82, 2.24) is 9.88 Å². The molecule has 6 heteroatoms. The fraction of sp³-hybridized carbons (Fsp3) is 0.364. The normalized spacial score (nSPS) is 14.5. The van der Waals surface area contributed by atoms with E-state index in [9.17, 15) is 4.79 Å². The minimum Gasteiger partial charge on any atom is -0.345 e. The number of aryl methyl sites for hydroxylation is 3. The molecule has 5 nitrogen and oxygen atoms in total. The number of hydrogen-bond acceptors (Lipinski definition) is 4. The maximum absolute atomic E-state index is 12.6. The Hall–Kier alpha value is -2.60. The van der Waals surface area contributed by atoms with Gasteiger partial charge in [0.1, 0.15) is 0 Å². The molecule has 28 heavy (non-hydrogen) atoms. The monoisotopic (exact) mass is 394 g/mol. The zero-order valence-corrected chi connectivity index (χ0v) is 17.5. The third kappa shape index (κ3) is 3.69. The number of anilines is 2. The second kappa shape index (κ2) is 7.80. The summed E-state index contributed by atoms with van der Waals surface area (Å²) in [6, 6.07) is 12.4. The lowest BCUT2D eigenvalue weighted by atomic mass is 10.1. The Morgan fingerprint density at radius 2 is 1.89 bits per heavy atom. The highest BCUT2D eigenvalue weighted by Gasteiger charge is 2.23. The van der Waals surface area contributed by atoms with E-state index >= 15 is 0 Å². The molecular formula is C22H26N4OS. The van der Waals surface area contributed by atoms with Crippen molar-refractivity contribution in [2.75, 3.05) is 36.4 Å². The number of nitrogens with one attached hydrogen (secondary N) is 1. The summed E-state index contributed by atoms with van der Waals surface area (Å²) in [5.74, 6) is 0. The summed E-state index contributed by atoms with van der Waals surface area (Å²) in [5, 5.41) is 4.09. The number of carbonyl (C=O) groups excluding carboxylic acids is 1. The van der Waals surface area contributed by atoms with Crippen LogP contribution in [-0.2, 0) is 6.42 Å². The molecule has 1 saturated heterocycles. The number of amides is 2. The van der Waals surface area contributed by atoms with Gasteiger partial charge < -0.3 is 15.1 Å². The maximum atomic E-state index is 12.6. The van der Waals surface area contributed by atoms with Crippen molar-refractivity contribution in [2.45, 2.75) is 27.2 Å². The third-order valence-corrected chi connectivity index (χ3v) is 6.55. The Kier molecular flexibility index (Phi) is 5.22. The first-order valence-corrected chi connectivity index (χ1v) is 10.6. The SMILES string of the molecule is CCc1cccc2sc(N3CCN(C(=O)Nc4ccc(C)c(C)c4)CC3)nc12. The van der Waals surface area contributed by atoms with Crippen molar-refractivity contribution >= 4 is 38.4 Å². The number of benzene rings is 2. The number of para-hydroxylation sites is 1. The van der Waals surface area contributed by atoms with Crippen LogP contribution in [0.1, 0.15) is 23.6 Å². The van der Waals surface area contributed by atoms with E-state index in [0.29, 0.717) is 13.1 Å². The van der Waals surface area contributed by atoms with E-state index in [-0.39, 0.29) is 6.03 Å². The molecule has 2 amide bonds. The van der Waals surface area contributed by atoms with Gasteiger partial charge in [-0.3, -0.25) is 0 Å². The molecule has 2 aromatic carbocycles. The molecule has 0 aliphatic carbocycles. The van der Waals surface area contributed by atoms with Crippen molar-refractivity contribution in [3.8, 4) is 0 Å². The van der Waals surface area contributed by atoms with Gasteiger partial charge in [0, 0.05) is 31.9 Å². The lowest BCUT2D eigenvalue weighted by molar-refractivity contribution is 0.208. The maximum Gasteiger partial charge on any atom is 0.321 e. The van der Waals surface area contributed by atoms with Crippen molar-refractivity contribution in [3.05, 3.63) is 53.1 Å². The van der Waals surface area contributed by atoms with Crippen molar-refractivity contribution in [2.24, 2.45) is 0 Å². The topological polar surface area (TPSA) is 48.5 Å². The molecule has 146 valence electrons. The third-order valence-electron chi connectivity index (χ3n) is 5.47. The fourth-order valence-corrected chi connectivity index (χ4v) is 4.60. The summed E-state index contributed by atoms with van der Waals surface area (Å²) < 4.78 is 1.24. The Morgan fingerprint density at radius 3 is 2.61 bits per heavy atom. The summed E-state index contributed by atoms with van der Waals surface area (Å²) in [4.78, 5) is 21.7. The van der Waals surface area contributed by atoms with E-state index in [1.165, 1.54) is 21.4 Å². The summed E-state index contributed by atoms with van der Waals surface area (Å²) >= 11 is 1.74. The molecule has 1 aromatic heterocycles. The van der Waals surface area contributed by atoms with Crippen molar-refractivity contribution in [3.63, 3.8) is 0 Å². The predicted molar refractivity (Wildman–Crippen MR) is 118 cm³/mol. The van der Waals surface area contributed by atoms with E-state index in [2.05, 4.69) is 49.2 Å². The first kappa shape index (κ1) is 18.7. The van der Waals surface area contributed by atoms with Gasteiger partial charge in [-0.05, 0) is 55.2 Å². The molecule has 1 fully saturated rings. The van der Waals surface area contributed by atoms with E-state index in [1.54, 1.807) is 11.3 Å². The van der Waals surface area contributed by atoms with Crippen LogP contribution >= 0.6 is 11.3 Å². The molecule has 0 bridgehead atoms. The number of fused-ring (bicyclic) bond motifs is 1. The molecule has 0 radical (unpaired) electrons. The van der Waals surface area contributed by atoms with Gasteiger partial charge in [0.15, 0.2) is 5.13 Å². The first-order chi connectivity index (χ1) is 13.5. The Bertz CT molecular complexity index is 1000. The van der Waals surface area contributed by atoms with Crippen molar-refractivity contribution < 1.29 is 4.79 Å². The highest BCUT2D eigenvalue weighted by Crippen LogP contribution is 2.31. The number of carbonyl (C=O) groups is 1. The highest BCUT2D eigenvalue weighted by molar-refractivity contribution is 7.22. The van der Waals surface area contributed by atoms with Crippen LogP contribution in [0.15, 0.2) is 36.4 Å². The molecule has 0 unspecified atom stereocenters. The zero-order valence-electron chi connectivity index (χ0n) is 16.7. The van der Waals surface area contributed by atoms with E-state index < -0.39 is 0 Å². The summed E-state index contributed by atoms with van der Waals surface area (Å²) in [7, 11) is 0. The molecular weight excluding hydrogens is 368 g/mol. The number of aromatic nitrogens is 1. The van der Waals surface area contributed by atoms with Crippen LogP contribution in [0, 0.1) is 13.8 Å². The van der Waals surface area contributed by atoms with Gasteiger partial charge >= 0.3 is 6.03 Å². The van der Waals surface area contributed by atoms with Crippen LogP contribution in [0.5, 0.6) is 0 Å². The lowest BCUT2D eigenvalue weighted by Gasteiger charge is -2.34. The second-order valence-corrected chi connectivity index (χ2v) is 8.33. The van der Waals surface area contributed by atoms with Gasteiger partial charge in [-0.1, -0.05) is 36.5 Å². The number of piperazine rings is 1. The Labute approximate surface area is 170 Å². The summed E-state index contributed by atoms with van der Waals surface area (Å²) in [6.45, 7) is 9.32. The quantitative estimate of drug-likeness (QED) is 0.692. The van der Waals surface area contributed by atoms with Gasteiger partial charge in [-0.2, -0.15) is 0 Å². The predicted octanol–water partition coefficient (Wildman–Crippen LogP) is 4.83. The average Bonchev–Trinajstić information content (AvgIpc) is 3.15. The number of urea groups is 1. The van der Waals surface area contributed by atoms with E-state index in [1.807, 2.05) is 23.1 Å². The number of hydrogen-bond donors (Lipinski definition) is 1. The number of thiazole rings is 1. The smallest absolute Gasteiger partial charge is 0.321 e. The Balaban J connectivity index is 1.40. The van der Waals surface area contributed by atoms with Crippen LogP contribution in [0.25, 0.3) is 10.2 Å². The van der Waals surface area contributed by atoms with Crippen molar-refractivity contribution in [1.29, 1.82) is 0 Å². The standard InChI is InChI=1S/C22H26N4OS/c1-4-17-6-5-7-19-20(17)24-22(28-19)26-12-10-25(11-13-26)21(27)23-18-9-8-15(2)16(3)14-18/h5-9,14H,4,10-13H2,1-3H3,(H,23,27). The first-order valence-electron chi connectivity index (χ1n) is 9.81. The molecule has 1 aliphatic rings. The Morgan fingerprint density at radius 1 is 1.11 bits per heavy atom. The largest absolute Gasteiger partial charge is 0.345 e. The average molecular weight is 395 g/mol. The fourth-order valence-electron chi connectivity index (χ4n) is 3.54. The molecule has 1 N–H and O–H groups in total. The minimum absolute atomic E-state index is 0.0273. The van der Waals surface area contributed by atoms with E-state index in [4.69, 9.17) is 4.98 Å². The molecule has 1 aliphatic heterocycles. The van der Waals surface area contributed by atoms with Crippen LogP contribution < -0.4 is 10.2 Å².